The Hall–Kier alpha value is -6.36. The molecule has 9 aromatic rings. The van der Waals surface area contributed by atoms with E-state index >= 15 is 0 Å². The molecule has 2 heterocycles. The Balaban J connectivity index is 1.16. The molecule has 1 spiro atoms. The number of rotatable bonds is 3. The van der Waals surface area contributed by atoms with Crippen LogP contribution in [0.3, 0.4) is 0 Å². The van der Waals surface area contributed by atoms with Gasteiger partial charge in [-0.1, -0.05) is 115 Å². The highest BCUT2D eigenvalue weighted by molar-refractivity contribution is 7.25. The van der Waals surface area contributed by atoms with Gasteiger partial charge in [-0.2, -0.15) is 0 Å². The van der Waals surface area contributed by atoms with Crippen molar-refractivity contribution in [3.8, 4) is 28.0 Å². The molecular formula is C48H30N2OS. The lowest BCUT2D eigenvalue weighted by Gasteiger charge is -2.33. The third kappa shape index (κ3) is 3.64. The number of hydrogen-bond donors (Lipinski definition) is 1. The van der Waals surface area contributed by atoms with Crippen LogP contribution in [0.25, 0.3) is 53.2 Å². The first-order valence-corrected chi connectivity index (χ1v) is 18.7. The fraction of sp³-hybridized carbons (Fsp3) is 0.0417. The zero-order chi connectivity index (χ0) is 34.0. The molecule has 8 aromatic carbocycles. The Morgan fingerprint density at radius 3 is 2.00 bits per heavy atom. The number of ether oxygens (including phenoxy) is 1. The number of anilines is 4. The number of nitrogens with zero attached hydrogens (tertiary/aromatic N) is 1. The van der Waals surface area contributed by atoms with Crippen molar-refractivity contribution in [2.24, 2.45) is 0 Å². The third-order valence-corrected chi connectivity index (χ3v) is 12.7. The second-order valence-electron chi connectivity index (χ2n) is 14.0. The maximum Gasteiger partial charge on any atom is 0.159 e. The Kier molecular flexibility index (Phi) is 5.64. The van der Waals surface area contributed by atoms with Crippen LogP contribution in [0.4, 0.5) is 22.7 Å². The molecule has 0 saturated carbocycles. The van der Waals surface area contributed by atoms with Crippen LogP contribution in [0.15, 0.2) is 164 Å². The third-order valence-electron chi connectivity index (χ3n) is 11.5. The summed E-state index contributed by atoms with van der Waals surface area (Å²) < 4.78 is 8.46. The summed E-state index contributed by atoms with van der Waals surface area (Å²) in [5.74, 6) is 0.887. The summed E-state index contributed by atoms with van der Waals surface area (Å²) in [5, 5.41) is 8.60. The van der Waals surface area contributed by atoms with E-state index in [-0.39, 0.29) is 0 Å². The number of thiophene rings is 1. The monoisotopic (exact) mass is 682 g/mol. The van der Waals surface area contributed by atoms with Crippen LogP contribution in [0.2, 0.25) is 0 Å². The molecule has 52 heavy (non-hydrogen) atoms. The fourth-order valence-electron chi connectivity index (χ4n) is 9.46. The average molecular weight is 683 g/mol. The normalized spacial score (nSPS) is 14.2. The van der Waals surface area contributed by atoms with Gasteiger partial charge in [0.1, 0.15) is 5.75 Å². The minimum atomic E-state index is -0.469. The highest BCUT2D eigenvalue weighted by Crippen LogP contribution is 2.64. The molecule has 1 aromatic heterocycles. The molecule has 4 heteroatoms. The van der Waals surface area contributed by atoms with Crippen molar-refractivity contribution in [1.29, 1.82) is 0 Å². The summed E-state index contributed by atoms with van der Waals surface area (Å²) in [6.07, 6.45) is 0. The minimum Gasteiger partial charge on any atom is -0.471 e. The van der Waals surface area contributed by atoms with Crippen LogP contribution >= 0.6 is 11.3 Å². The van der Waals surface area contributed by atoms with E-state index < -0.39 is 5.41 Å². The summed E-state index contributed by atoms with van der Waals surface area (Å²) in [7, 11) is 0. The van der Waals surface area contributed by atoms with Gasteiger partial charge in [0.15, 0.2) is 6.73 Å². The molecule has 3 aliphatic rings. The molecule has 0 atom stereocenters. The molecule has 0 unspecified atom stereocenters. The van der Waals surface area contributed by atoms with E-state index in [4.69, 9.17) is 4.74 Å². The number of benzene rings is 8. The molecule has 244 valence electrons. The smallest absolute Gasteiger partial charge is 0.159 e. The van der Waals surface area contributed by atoms with Gasteiger partial charge in [0.2, 0.25) is 0 Å². The zero-order valence-corrected chi connectivity index (χ0v) is 28.9. The SMILES string of the molecule is c1ccc2c(c1)-c1ccccc1C21c2cc(N(c3ccc4c(c3)NCO4)c3ccc4c(c3)sc3ccccc34)ccc2-c2ccc3ccccc3c21. The van der Waals surface area contributed by atoms with Crippen LogP contribution in [0.5, 0.6) is 5.75 Å². The second-order valence-corrected chi connectivity index (χ2v) is 15.1. The Labute approximate surface area is 305 Å². The molecule has 2 aliphatic carbocycles. The van der Waals surface area contributed by atoms with Crippen molar-refractivity contribution in [2.45, 2.75) is 5.41 Å². The zero-order valence-electron chi connectivity index (χ0n) is 28.1. The van der Waals surface area contributed by atoms with Crippen LogP contribution in [-0.2, 0) is 5.41 Å². The molecular weight excluding hydrogens is 653 g/mol. The van der Waals surface area contributed by atoms with Crippen molar-refractivity contribution in [1.82, 2.24) is 0 Å². The number of nitrogens with one attached hydrogen (secondary N) is 1. The van der Waals surface area contributed by atoms with Gasteiger partial charge >= 0.3 is 0 Å². The Morgan fingerprint density at radius 1 is 0.500 bits per heavy atom. The van der Waals surface area contributed by atoms with Gasteiger partial charge in [0.25, 0.3) is 0 Å². The molecule has 0 fully saturated rings. The van der Waals surface area contributed by atoms with Crippen LogP contribution < -0.4 is 15.0 Å². The summed E-state index contributed by atoms with van der Waals surface area (Å²) in [4.78, 5) is 2.42. The molecule has 0 amide bonds. The molecule has 0 bridgehead atoms. The van der Waals surface area contributed by atoms with Crippen molar-refractivity contribution in [3.63, 3.8) is 0 Å². The van der Waals surface area contributed by atoms with E-state index in [0.717, 1.165) is 28.5 Å². The highest BCUT2D eigenvalue weighted by Gasteiger charge is 2.52. The molecule has 0 radical (unpaired) electrons. The van der Waals surface area contributed by atoms with E-state index in [1.165, 1.54) is 75.5 Å². The van der Waals surface area contributed by atoms with Gasteiger partial charge in [-0.15, -0.1) is 11.3 Å². The Bertz CT molecular complexity index is 2930. The highest BCUT2D eigenvalue weighted by atomic mass is 32.1. The van der Waals surface area contributed by atoms with E-state index in [2.05, 4.69) is 174 Å². The molecule has 1 N–H and O–H groups in total. The summed E-state index contributed by atoms with van der Waals surface area (Å²) in [6.45, 7) is 0.485. The fourth-order valence-corrected chi connectivity index (χ4v) is 10.6. The number of fused-ring (bicyclic) bond motifs is 16. The maximum atomic E-state index is 5.87. The van der Waals surface area contributed by atoms with Crippen molar-refractivity contribution in [2.75, 3.05) is 16.9 Å². The molecule has 1 aliphatic heterocycles. The van der Waals surface area contributed by atoms with Crippen molar-refractivity contribution < 1.29 is 4.74 Å². The van der Waals surface area contributed by atoms with Gasteiger partial charge < -0.3 is 15.0 Å². The topological polar surface area (TPSA) is 24.5 Å². The van der Waals surface area contributed by atoms with Gasteiger partial charge in [-0.05, 0) is 104 Å². The predicted octanol–water partition coefficient (Wildman–Crippen LogP) is 12.8. The van der Waals surface area contributed by atoms with Gasteiger partial charge in [0, 0.05) is 37.2 Å². The van der Waals surface area contributed by atoms with Crippen LogP contribution in [-0.4, -0.2) is 6.73 Å². The Morgan fingerprint density at radius 2 is 1.13 bits per heavy atom. The second kappa shape index (κ2) is 10.3. The van der Waals surface area contributed by atoms with Crippen molar-refractivity contribution >= 4 is 65.0 Å². The van der Waals surface area contributed by atoms with Gasteiger partial charge in [-0.25, -0.2) is 0 Å². The van der Waals surface area contributed by atoms with Crippen LogP contribution in [0.1, 0.15) is 22.3 Å². The molecule has 3 nitrogen and oxygen atoms in total. The van der Waals surface area contributed by atoms with Gasteiger partial charge in [-0.3, -0.25) is 0 Å². The lowest BCUT2D eigenvalue weighted by Crippen LogP contribution is -2.26. The van der Waals surface area contributed by atoms with E-state index in [9.17, 15) is 0 Å². The quantitative estimate of drug-likeness (QED) is 0.201. The summed E-state index contributed by atoms with van der Waals surface area (Å²) in [6, 6.07) is 61.0. The van der Waals surface area contributed by atoms with Crippen molar-refractivity contribution in [3.05, 3.63) is 186 Å². The van der Waals surface area contributed by atoms with E-state index in [0.29, 0.717) is 6.73 Å². The predicted molar refractivity (Wildman–Crippen MR) is 217 cm³/mol. The standard InChI is InChI=1S/C48H30N2OS/c1-2-10-33-29(9-1)17-21-39-36-22-18-30(25-42(36)48(47(33)39)40-14-6-3-11-34(40)35-12-4-7-15-41(35)48)50(31-20-24-44-43(26-31)49-28-51-44)32-19-23-38-37-13-5-8-16-45(37)52-46(38)27-32/h1-27,49H,28H2. The average Bonchev–Trinajstić information content (AvgIpc) is 3.96. The van der Waals surface area contributed by atoms with Gasteiger partial charge in [0.05, 0.1) is 11.1 Å². The first kappa shape index (κ1) is 28.3. The lowest BCUT2D eigenvalue weighted by atomic mass is 9.69. The first-order chi connectivity index (χ1) is 25.8. The maximum absolute atomic E-state index is 5.87. The molecule has 12 rings (SSSR count). The summed E-state index contributed by atoms with van der Waals surface area (Å²) >= 11 is 1.86. The molecule has 0 saturated heterocycles. The minimum absolute atomic E-state index is 0.469. The van der Waals surface area contributed by atoms with E-state index in [1.807, 2.05) is 11.3 Å². The first-order valence-electron chi connectivity index (χ1n) is 17.9. The van der Waals surface area contributed by atoms with E-state index in [1.54, 1.807) is 0 Å². The summed E-state index contributed by atoms with van der Waals surface area (Å²) in [5.41, 5.74) is 14.5. The lowest BCUT2D eigenvalue weighted by molar-refractivity contribution is 0.372. The van der Waals surface area contributed by atoms with Crippen LogP contribution in [0, 0.1) is 0 Å². The number of hydrogen-bond acceptors (Lipinski definition) is 4. The largest absolute Gasteiger partial charge is 0.471 e.